The minimum absolute atomic E-state index is 0.149. The molecule has 1 saturated heterocycles. The largest absolute Gasteiger partial charge is 0.351 e. The van der Waals surface area contributed by atoms with Crippen molar-refractivity contribution in [3.05, 3.63) is 34.9 Å². The Labute approximate surface area is 138 Å². The first-order chi connectivity index (χ1) is 10.5. The number of nitrogens with one attached hydrogen (secondary N) is 2. The molecule has 22 heavy (non-hydrogen) atoms. The molecule has 0 spiro atoms. The number of piperidine rings is 1. The van der Waals surface area contributed by atoms with E-state index in [4.69, 9.17) is 11.6 Å². The van der Waals surface area contributed by atoms with Crippen LogP contribution in [0.15, 0.2) is 24.3 Å². The topological polar surface area (TPSA) is 41.1 Å². The molecule has 1 heterocycles. The zero-order valence-corrected chi connectivity index (χ0v) is 14.4. The number of rotatable bonds is 6. The van der Waals surface area contributed by atoms with Gasteiger partial charge in [-0.2, -0.15) is 0 Å². The van der Waals surface area contributed by atoms with E-state index in [1.807, 2.05) is 24.3 Å². The number of carbonyl (C=O) groups excluding carboxylic acids is 1. The van der Waals surface area contributed by atoms with Crippen LogP contribution >= 0.6 is 11.6 Å². The van der Waals surface area contributed by atoms with Gasteiger partial charge in [0.1, 0.15) is 0 Å². The van der Waals surface area contributed by atoms with Crippen LogP contribution in [0.1, 0.15) is 45.1 Å². The van der Waals surface area contributed by atoms with E-state index in [9.17, 15) is 4.79 Å². The first-order valence-corrected chi connectivity index (χ1v) is 8.59. The molecule has 1 fully saturated rings. The van der Waals surface area contributed by atoms with Crippen LogP contribution in [0.5, 0.6) is 0 Å². The summed E-state index contributed by atoms with van der Waals surface area (Å²) in [7, 11) is 0. The molecule has 0 aromatic heterocycles. The molecule has 0 saturated carbocycles. The molecule has 0 atom stereocenters. The third-order valence-electron chi connectivity index (χ3n) is 4.31. The van der Waals surface area contributed by atoms with Gasteiger partial charge in [0, 0.05) is 17.0 Å². The second kappa shape index (κ2) is 7.98. The number of hydrogen-bond acceptors (Lipinski definition) is 2. The van der Waals surface area contributed by atoms with Crippen molar-refractivity contribution in [1.29, 1.82) is 0 Å². The summed E-state index contributed by atoms with van der Waals surface area (Å²) in [6.45, 7) is 6.28. The molecular weight excluding hydrogens is 296 g/mol. The average molecular weight is 323 g/mol. The molecule has 0 unspecified atom stereocenters. The van der Waals surface area contributed by atoms with Gasteiger partial charge in [-0.1, -0.05) is 29.8 Å². The Hall–Kier alpha value is -1.06. The van der Waals surface area contributed by atoms with Crippen molar-refractivity contribution in [3.63, 3.8) is 0 Å². The van der Waals surface area contributed by atoms with Crippen LogP contribution in [-0.4, -0.2) is 24.5 Å². The lowest BCUT2D eigenvalue weighted by molar-refractivity contribution is -0.123. The van der Waals surface area contributed by atoms with Crippen LogP contribution in [0.2, 0.25) is 5.02 Å². The summed E-state index contributed by atoms with van der Waals surface area (Å²) < 4.78 is 0. The van der Waals surface area contributed by atoms with E-state index in [1.165, 1.54) is 12.8 Å². The maximum Gasteiger partial charge on any atom is 0.220 e. The fourth-order valence-corrected chi connectivity index (χ4v) is 3.31. The predicted molar refractivity (Wildman–Crippen MR) is 92.2 cm³/mol. The van der Waals surface area contributed by atoms with Crippen LogP contribution in [0.25, 0.3) is 0 Å². The minimum Gasteiger partial charge on any atom is -0.351 e. The van der Waals surface area contributed by atoms with E-state index >= 15 is 0 Å². The number of amides is 1. The molecule has 2 rings (SSSR count). The smallest absolute Gasteiger partial charge is 0.220 e. The number of carbonyl (C=O) groups is 1. The molecule has 0 bridgehead atoms. The Morgan fingerprint density at radius 1 is 1.32 bits per heavy atom. The Morgan fingerprint density at radius 2 is 2.00 bits per heavy atom. The fraction of sp³-hybridized carbons (Fsp3) is 0.611. The first-order valence-electron chi connectivity index (χ1n) is 8.21. The quantitative estimate of drug-likeness (QED) is 0.841. The molecule has 0 radical (unpaired) electrons. The Kier molecular flexibility index (Phi) is 6.27. The monoisotopic (exact) mass is 322 g/mol. The SMILES string of the molecule is CC(C)(Cc1ccccc1Cl)NC(=O)CCC1CCNCC1. The van der Waals surface area contributed by atoms with Crippen LogP contribution in [0.3, 0.4) is 0 Å². The highest BCUT2D eigenvalue weighted by molar-refractivity contribution is 6.31. The van der Waals surface area contributed by atoms with Crippen molar-refractivity contribution in [2.45, 2.75) is 51.5 Å². The van der Waals surface area contributed by atoms with Crippen molar-refractivity contribution in [2.75, 3.05) is 13.1 Å². The molecule has 1 amide bonds. The van der Waals surface area contributed by atoms with Crippen molar-refractivity contribution in [3.8, 4) is 0 Å². The summed E-state index contributed by atoms with van der Waals surface area (Å²) in [5, 5.41) is 7.28. The van der Waals surface area contributed by atoms with Gasteiger partial charge >= 0.3 is 0 Å². The van der Waals surface area contributed by atoms with Crippen LogP contribution < -0.4 is 10.6 Å². The van der Waals surface area contributed by atoms with Crippen molar-refractivity contribution < 1.29 is 4.79 Å². The molecule has 3 nitrogen and oxygen atoms in total. The van der Waals surface area contributed by atoms with Gasteiger partial charge in [0.25, 0.3) is 0 Å². The summed E-state index contributed by atoms with van der Waals surface area (Å²) in [4.78, 5) is 12.2. The molecule has 122 valence electrons. The normalized spacial score (nSPS) is 16.5. The molecule has 1 aromatic rings. The van der Waals surface area contributed by atoms with Gasteiger partial charge in [-0.15, -0.1) is 0 Å². The maximum absolute atomic E-state index is 12.2. The lowest BCUT2D eigenvalue weighted by atomic mass is 9.92. The van der Waals surface area contributed by atoms with Crippen molar-refractivity contribution in [1.82, 2.24) is 10.6 Å². The highest BCUT2D eigenvalue weighted by atomic mass is 35.5. The van der Waals surface area contributed by atoms with Gasteiger partial charge in [0.2, 0.25) is 5.91 Å². The standard InChI is InChI=1S/C18H27ClN2O/c1-18(2,13-15-5-3-4-6-16(15)19)21-17(22)8-7-14-9-11-20-12-10-14/h3-6,14,20H,7-13H2,1-2H3,(H,21,22). The summed E-state index contributed by atoms with van der Waals surface area (Å²) in [5.41, 5.74) is 0.795. The minimum atomic E-state index is -0.282. The van der Waals surface area contributed by atoms with Gasteiger partial charge in [-0.05, 0) is 70.2 Å². The van der Waals surface area contributed by atoms with Gasteiger partial charge in [-0.25, -0.2) is 0 Å². The number of halogens is 1. The van der Waals surface area contributed by atoms with Crippen molar-refractivity contribution >= 4 is 17.5 Å². The van der Waals surface area contributed by atoms with Crippen LogP contribution in [-0.2, 0) is 11.2 Å². The zero-order chi connectivity index (χ0) is 16.0. The lowest BCUT2D eigenvalue weighted by Gasteiger charge is -2.28. The highest BCUT2D eigenvalue weighted by Crippen LogP contribution is 2.22. The van der Waals surface area contributed by atoms with E-state index in [2.05, 4.69) is 24.5 Å². The molecule has 4 heteroatoms. The molecule has 0 aliphatic carbocycles. The average Bonchev–Trinajstić information content (AvgIpc) is 2.48. The van der Waals surface area contributed by atoms with E-state index in [0.29, 0.717) is 12.3 Å². The third kappa shape index (κ3) is 5.62. The fourth-order valence-electron chi connectivity index (χ4n) is 3.11. The molecule has 2 N–H and O–H groups in total. The van der Waals surface area contributed by atoms with Crippen LogP contribution in [0, 0.1) is 5.92 Å². The highest BCUT2D eigenvalue weighted by Gasteiger charge is 2.22. The third-order valence-corrected chi connectivity index (χ3v) is 4.68. The predicted octanol–water partition coefficient (Wildman–Crippen LogP) is 3.56. The summed E-state index contributed by atoms with van der Waals surface area (Å²) in [5.74, 6) is 0.842. The van der Waals surface area contributed by atoms with Crippen molar-refractivity contribution in [2.24, 2.45) is 5.92 Å². The number of hydrogen-bond donors (Lipinski definition) is 2. The van der Waals surface area contributed by atoms with Crippen LogP contribution in [0.4, 0.5) is 0 Å². The first kappa shape index (κ1) is 17.3. The maximum atomic E-state index is 12.2. The van der Waals surface area contributed by atoms with E-state index in [-0.39, 0.29) is 11.4 Å². The number of benzene rings is 1. The van der Waals surface area contributed by atoms with Gasteiger partial charge < -0.3 is 10.6 Å². The Balaban J connectivity index is 1.80. The van der Waals surface area contributed by atoms with E-state index < -0.39 is 0 Å². The summed E-state index contributed by atoms with van der Waals surface area (Å²) >= 11 is 6.21. The van der Waals surface area contributed by atoms with Gasteiger partial charge in [0.15, 0.2) is 0 Å². The second-order valence-corrected chi connectivity index (χ2v) is 7.34. The molecule has 1 aliphatic heterocycles. The lowest BCUT2D eigenvalue weighted by Crippen LogP contribution is -2.45. The van der Waals surface area contributed by atoms with Gasteiger partial charge in [0.05, 0.1) is 0 Å². The second-order valence-electron chi connectivity index (χ2n) is 6.93. The summed E-state index contributed by atoms with van der Waals surface area (Å²) in [6, 6.07) is 7.82. The Morgan fingerprint density at radius 3 is 2.68 bits per heavy atom. The Bertz CT molecular complexity index is 496. The summed E-state index contributed by atoms with van der Waals surface area (Å²) in [6.07, 6.45) is 4.74. The van der Waals surface area contributed by atoms with Gasteiger partial charge in [-0.3, -0.25) is 4.79 Å². The van der Waals surface area contributed by atoms with E-state index in [1.54, 1.807) is 0 Å². The molecule has 1 aliphatic rings. The zero-order valence-electron chi connectivity index (χ0n) is 13.6. The molecule has 1 aromatic carbocycles. The molecular formula is C18H27ClN2O. The van der Waals surface area contributed by atoms with E-state index in [0.717, 1.165) is 36.5 Å².